The van der Waals surface area contributed by atoms with Crippen LogP contribution in [0.5, 0.6) is 0 Å². The number of likely N-dealkylation sites (N-methyl/N-ethyl adjacent to an activating group) is 1. The maximum atomic E-state index is 12.3. The molecule has 0 unspecified atom stereocenters. The second-order valence-electron chi connectivity index (χ2n) is 5.21. The highest BCUT2D eigenvalue weighted by molar-refractivity contribution is 5.93. The fourth-order valence-corrected chi connectivity index (χ4v) is 2.15. The number of oxazole rings is 1. The molecule has 1 amide bonds. The van der Waals surface area contributed by atoms with Crippen molar-refractivity contribution in [3.63, 3.8) is 0 Å². The van der Waals surface area contributed by atoms with Gasteiger partial charge in [0.1, 0.15) is 12.1 Å². The molecule has 2 heterocycles. The summed E-state index contributed by atoms with van der Waals surface area (Å²) in [6.45, 7) is -1.19. The fraction of sp³-hybridized carbons (Fsp3) is 0.267. The molecule has 1 aromatic carbocycles. The minimum Gasteiger partial charge on any atom is -0.423 e. The first-order valence-corrected chi connectivity index (χ1v) is 7.03. The first-order chi connectivity index (χ1) is 11.3. The summed E-state index contributed by atoms with van der Waals surface area (Å²) in [5, 5.41) is 3.75. The van der Waals surface area contributed by atoms with E-state index in [4.69, 9.17) is 4.42 Å². The molecule has 0 spiro atoms. The number of hydrogen-bond donors (Lipinski definition) is 0. The average molecular weight is 338 g/mol. The van der Waals surface area contributed by atoms with Crippen LogP contribution in [0.1, 0.15) is 5.69 Å². The van der Waals surface area contributed by atoms with E-state index >= 15 is 0 Å². The normalized spacial score (nSPS) is 11.8. The Morgan fingerprint density at radius 2 is 2.04 bits per heavy atom. The van der Waals surface area contributed by atoms with E-state index in [-0.39, 0.29) is 24.0 Å². The van der Waals surface area contributed by atoms with Crippen molar-refractivity contribution in [2.24, 2.45) is 0 Å². The molecule has 6 nitrogen and oxygen atoms in total. The van der Waals surface area contributed by atoms with E-state index in [1.165, 1.54) is 24.2 Å². The third-order valence-electron chi connectivity index (χ3n) is 3.31. The van der Waals surface area contributed by atoms with Gasteiger partial charge in [0.15, 0.2) is 5.58 Å². The second-order valence-corrected chi connectivity index (χ2v) is 5.21. The van der Waals surface area contributed by atoms with Gasteiger partial charge in [0.2, 0.25) is 5.91 Å². The molecule has 0 radical (unpaired) electrons. The highest BCUT2D eigenvalue weighted by Gasteiger charge is 2.28. The second kappa shape index (κ2) is 5.99. The number of rotatable bonds is 4. The standard InChI is InChI=1S/C15H13F3N4O2/c1-21(14-19-11-4-2-3-5-12(11)24-14)13(23)8-10-6-7-22(20-10)9-15(16,17)18/h2-7H,8-9H2,1H3. The van der Waals surface area contributed by atoms with E-state index < -0.39 is 12.7 Å². The SMILES string of the molecule is CN(C(=O)Cc1ccn(CC(F)(F)F)n1)c1nc2ccccc2o1. The van der Waals surface area contributed by atoms with Gasteiger partial charge in [-0.05, 0) is 18.2 Å². The predicted octanol–water partition coefficient (Wildman–Crippen LogP) is 2.79. The summed E-state index contributed by atoms with van der Waals surface area (Å²) in [7, 11) is 1.49. The largest absolute Gasteiger partial charge is 0.423 e. The zero-order valence-corrected chi connectivity index (χ0v) is 12.6. The van der Waals surface area contributed by atoms with Gasteiger partial charge in [-0.2, -0.15) is 23.3 Å². The topological polar surface area (TPSA) is 64.2 Å². The lowest BCUT2D eigenvalue weighted by Crippen LogP contribution is -2.28. The quantitative estimate of drug-likeness (QED) is 0.734. The molecule has 0 aliphatic heterocycles. The lowest BCUT2D eigenvalue weighted by molar-refractivity contribution is -0.142. The molecule has 2 aromatic heterocycles. The highest BCUT2D eigenvalue weighted by atomic mass is 19.4. The Hall–Kier alpha value is -2.84. The summed E-state index contributed by atoms with van der Waals surface area (Å²) in [6.07, 6.45) is -3.32. The maximum Gasteiger partial charge on any atom is 0.408 e. The predicted molar refractivity (Wildman–Crippen MR) is 79.4 cm³/mol. The average Bonchev–Trinajstić information content (AvgIpc) is 3.11. The van der Waals surface area contributed by atoms with Gasteiger partial charge in [-0.1, -0.05) is 12.1 Å². The smallest absolute Gasteiger partial charge is 0.408 e. The number of carbonyl (C=O) groups is 1. The number of halogens is 3. The molecule has 0 fully saturated rings. The van der Waals surface area contributed by atoms with Crippen LogP contribution in [-0.4, -0.2) is 33.9 Å². The monoisotopic (exact) mass is 338 g/mol. The van der Waals surface area contributed by atoms with Crippen molar-refractivity contribution in [3.8, 4) is 0 Å². The van der Waals surface area contributed by atoms with Crippen molar-refractivity contribution in [2.45, 2.75) is 19.1 Å². The Labute approximate surface area is 134 Å². The van der Waals surface area contributed by atoms with Crippen LogP contribution in [0.25, 0.3) is 11.1 Å². The van der Waals surface area contributed by atoms with Crippen molar-refractivity contribution in [2.75, 3.05) is 11.9 Å². The first-order valence-electron chi connectivity index (χ1n) is 7.03. The molecular weight excluding hydrogens is 325 g/mol. The molecule has 126 valence electrons. The molecule has 0 saturated heterocycles. The number of hydrogen-bond acceptors (Lipinski definition) is 4. The number of aromatic nitrogens is 3. The zero-order chi connectivity index (χ0) is 17.3. The molecule has 3 aromatic rings. The molecule has 0 N–H and O–H groups in total. The minimum absolute atomic E-state index is 0.121. The Morgan fingerprint density at radius 1 is 1.29 bits per heavy atom. The Balaban J connectivity index is 1.70. The van der Waals surface area contributed by atoms with Crippen LogP contribution in [0.2, 0.25) is 0 Å². The number of benzene rings is 1. The highest BCUT2D eigenvalue weighted by Crippen LogP contribution is 2.21. The van der Waals surface area contributed by atoms with Crippen LogP contribution in [0.15, 0.2) is 40.9 Å². The van der Waals surface area contributed by atoms with E-state index in [0.29, 0.717) is 11.1 Å². The number of carbonyl (C=O) groups excluding carboxylic acids is 1. The van der Waals surface area contributed by atoms with Crippen LogP contribution in [0.4, 0.5) is 19.2 Å². The molecular formula is C15H13F3N4O2. The third kappa shape index (κ3) is 3.55. The molecule has 24 heavy (non-hydrogen) atoms. The van der Waals surface area contributed by atoms with Crippen LogP contribution in [-0.2, 0) is 17.8 Å². The number of fused-ring (bicyclic) bond motifs is 1. The van der Waals surface area contributed by atoms with Crippen LogP contribution < -0.4 is 4.90 Å². The Bertz CT molecular complexity index is 836. The first kappa shape index (κ1) is 16.0. The van der Waals surface area contributed by atoms with Gasteiger partial charge >= 0.3 is 12.2 Å². The third-order valence-corrected chi connectivity index (χ3v) is 3.31. The molecule has 0 aliphatic rings. The number of alkyl halides is 3. The van der Waals surface area contributed by atoms with Gasteiger partial charge < -0.3 is 4.42 Å². The van der Waals surface area contributed by atoms with Gasteiger partial charge in [0.05, 0.1) is 12.1 Å². The summed E-state index contributed by atoms with van der Waals surface area (Å²) >= 11 is 0. The lowest BCUT2D eigenvalue weighted by Gasteiger charge is -2.11. The summed E-state index contributed by atoms with van der Waals surface area (Å²) < 4.78 is 43.2. The number of amides is 1. The van der Waals surface area contributed by atoms with Gasteiger partial charge in [-0.15, -0.1) is 0 Å². The molecule has 0 bridgehead atoms. The van der Waals surface area contributed by atoms with E-state index in [1.807, 2.05) is 0 Å². The zero-order valence-electron chi connectivity index (χ0n) is 12.6. The molecule has 9 heteroatoms. The maximum absolute atomic E-state index is 12.3. The van der Waals surface area contributed by atoms with Gasteiger partial charge in [-0.25, -0.2) is 0 Å². The van der Waals surface area contributed by atoms with Crippen LogP contribution in [0, 0.1) is 0 Å². The summed E-state index contributed by atoms with van der Waals surface area (Å²) in [5.74, 6) is -0.390. The van der Waals surface area contributed by atoms with Gasteiger partial charge in [0.25, 0.3) is 0 Å². The van der Waals surface area contributed by atoms with Gasteiger partial charge in [-0.3, -0.25) is 14.4 Å². The molecule has 0 saturated carbocycles. The van der Waals surface area contributed by atoms with Crippen molar-refractivity contribution >= 4 is 23.0 Å². The van der Waals surface area contributed by atoms with Crippen LogP contribution >= 0.6 is 0 Å². The number of para-hydroxylation sites is 2. The van der Waals surface area contributed by atoms with Crippen LogP contribution in [0.3, 0.4) is 0 Å². The fourth-order valence-electron chi connectivity index (χ4n) is 2.15. The number of nitrogens with zero attached hydrogens (tertiary/aromatic N) is 4. The van der Waals surface area contributed by atoms with E-state index in [2.05, 4.69) is 10.1 Å². The van der Waals surface area contributed by atoms with E-state index in [1.54, 1.807) is 24.3 Å². The number of anilines is 1. The molecule has 3 rings (SSSR count). The lowest BCUT2D eigenvalue weighted by atomic mass is 10.3. The molecule has 0 aliphatic carbocycles. The van der Waals surface area contributed by atoms with Crippen molar-refractivity contribution in [1.29, 1.82) is 0 Å². The van der Waals surface area contributed by atoms with Gasteiger partial charge in [0, 0.05) is 13.2 Å². The van der Waals surface area contributed by atoms with Crippen molar-refractivity contribution in [1.82, 2.24) is 14.8 Å². The Morgan fingerprint density at radius 3 is 2.75 bits per heavy atom. The van der Waals surface area contributed by atoms with Crippen molar-refractivity contribution < 1.29 is 22.4 Å². The van der Waals surface area contributed by atoms with E-state index in [0.717, 1.165) is 4.68 Å². The van der Waals surface area contributed by atoms with E-state index in [9.17, 15) is 18.0 Å². The summed E-state index contributed by atoms with van der Waals surface area (Å²) in [6, 6.07) is 8.55. The summed E-state index contributed by atoms with van der Waals surface area (Å²) in [4.78, 5) is 17.6. The minimum atomic E-state index is -4.36. The van der Waals surface area contributed by atoms with Crippen molar-refractivity contribution in [3.05, 3.63) is 42.2 Å². The summed E-state index contributed by atoms with van der Waals surface area (Å²) in [5.41, 5.74) is 1.40. The Kier molecular flexibility index (Phi) is 4.00. The molecule has 0 atom stereocenters.